The highest BCUT2D eigenvalue weighted by molar-refractivity contribution is 7.99. The molecule has 180 valence electrons. The van der Waals surface area contributed by atoms with Gasteiger partial charge in [-0.15, -0.1) is 10.2 Å². The van der Waals surface area contributed by atoms with Gasteiger partial charge in [0.05, 0.1) is 27.9 Å². The van der Waals surface area contributed by atoms with E-state index in [2.05, 4.69) is 20.8 Å². The summed E-state index contributed by atoms with van der Waals surface area (Å²) in [6.45, 7) is 1.95. The molecular formula is C26H22N6O3S. The summed E-state index contributed by atoms with van der Waals surface area (Å²) in [7, 11) is 1.64. The molecule has 0 unspecified atom stereocenters. The molecule has 2 N–H and O–H groups in total. The summed E-state index contributed by atoms with van der Waals surface area (Å²) in [6.07, 6.45) is 0. The number of hydrogen-bond acceptors (Lipinski definition) is 6. The maximum absolute atomic E-state index is 12.9. The van der Waals surface area contributed by atoms with Crippen molar-refractivity contribution in [3.63, 3.8) is 0 Å². The van der Waals surface area contributed by atoms with Crippen LogP contribution in [0.15, 0.2) is 82.7 Å². The third-order valence-corrected chi connectivity index (χ3v) is 6.58. The number of carbonyl (C=O) groups is 2. The van der Waals surface area contributed by atoms with E-state index in [4.69, 9.17) is 0 Å². The summed E-state index contributed by atoms with van der Waals surface area (Å²) < 4.78 is 3.19. The number of nitrogens with zero attached hydrogens (tertiary/aromatic N) is 4. The fraction of sp³-hybridized carbons (Fsp3) is 0.115. The summed E-state index contributed by atoms with van der Waals surface area (Å²) in [4.78, 5) is 38.3. The van der Waals surface area contributed by atoms with Gasteiger partial charge < -0.3 is 10.6 Å². The molecule has 5 rings (SSSR count). The number of rotatable bonds is 6. The van der Waals surface area contributed by atoms with E-state index in [1.807, 2.05) is 43.3 Å². The minimum atomic E-state index is -0.319. The molecule has 0 aliphatic heterocycles. The first-order valence-electron chi connectivity index (χ1n) is 11.1. The van der Waals surface area contributed by atoms with Gasteiger partial charge in [-0.3, -0.25) is 23.4 Å². The molecule has 0 fully saturated rings. The first-order valence-corrected chi connectivity index (χ1v) is 12.1. The molecule has 2 amide bonds. The summed E-state index contributed by atoms with van der Waals surface area (Å²) in [5, 5.41) is 15.1. The first-order chi connectivity index (χ1) is 17.4. The highest BCUT2D eigenvalue weighted by atomic mass is 32.2. The maximum Gasteiger partial charge on any atom is 0.262 e. The Bertz CT molecular complexity index is 1690. The third-order valence-electron chi connectivity index (χ3n) is 5.65. The van der Waals surface area contributed by atoms with Crippen LogP contribution in [0.2, 0.25) is 0 Å². The molecular weight excluding hydrogens is 476 g/mol. The first kappa shape index (κ1) is 23.3. The summed E-state index contributed by atoms with van der Waals surface area (Å²) in [6, 6.07) is 21.5. The number of anilines is 2. The molecule has 10 heteroatoms. The van der Waals surface area contributed by atoms with Crippen LogP contribution in [-0.2, 0) is 11.8 Å². The molecule has 0 saturated carbocycles. The van der Waals surface area contributed by atoms with Gasteiger partial charge in [-0.1, -0.05) is 48.2 Å². The van der Waals surface area contributed by atoms with Gasteiger partial charge in [0.1, 0.15) is 0 Å². The molecule has 9 nitrogen and oxygen atoms in total. The fourth-order valence-corrected chi connectivity index (χ4v) is 4.67. The highest BCUT2D eigenvalue weighted by Crippen LogP contribution is 2.23. The predicted octanol–water partition coefficient (Wildman–Crippen LogP) is 3.87. The number of fused-ring (bicyclic) bond motifs is 3. The van der Waals surface area contributed by atoms with Gasteiger partial charge in [0.2, 0.25) is 11.7 Å². The van der Waals surface area contributed by atoms with Gasteiger partial charge >= 0.3 is 0 Å². The molecule has 0 saturated heterocycles. The molecule has 3 aromatic carbocycles. The third kappa shape index (κ3) is 4.46. The Morgan fingerprint density at radius 3 is 2.56 bits per heavy atom. The lowest BCUT2D eigenvalue weighted by Crippen LogP contribution is -2.20. The SMILES string of the molecule is Cc1cccc(NC(=O)c2ccccc2NC(=O)CSc2nnc3n(C)c(=O)c4ccccc4n23)c1. The molecule has 0 spiro atoms. The lowest BCUT2D eigenvalue weighted by atomic mass is 10.1. The van der Waals surface area contributed by atoms with E-state index in [0.717, 1.165) is 5.56 Å². The molecule has 0 radical (unpaired) electrons. The van der Waals surface area contributed by atoms with E-state index in [0.29, 0.717) is 38.8 Å². The maximum atomic E-state index is 12.9. The second-order valence-electron chi connectivity index (χ2n) is 8.21. The van der Waals surface area contributed by atoms with Crippen LogP contribution in [0.25, 0.3) is 16.7 Å². The largest absolute Gasteiger partial charge is 0.325 e. The van der Waals surface area contributed by atoms with Crippen LogP contribution in [0.5, 0.6) is 0 Å². The fourth-order valence-electron chi connectivity index (χ4n) is 3.93. The smallest absolute Gasteiger partial charge is 0.262 e. The zero-order valence-electron chi connectivity index (χ0n) is 19.6. The number of aromatic nitrogens is 4. The van der Waals surface area contributed by atoms with Gasteiger partial charge in [-0.05, 0) is 48.9 Å². The molecule has 2 aromatic heterocycles. The van der Waals surface area contributed by atoms with Crippen molar-refractivity contribution in [1.82, 2.24) is 19.2 Å². The lowest BCUT2D eigenvalue weighted by Gasteiger charge is -2.12. The van der Waals surface area contributed by atoms with Crippen molar-refractivity contribution >= 4 is 51.6 Å². The van der Waals surface area contributed by atoms with Crippen LogP contribution >= 0.6 is 11.8 Å². The predicted molar refractivity (Wildman–Crippen MR) is 141 cm³/mol. The average Bonchev–Trinajstić information content (AvgIpc) is 3.31. The Balaban J connectivity index is 1.34. The number of nitrogens with one attached hydrogen (secondary N) is 2. The lowest BCUT2D eigenvalue weighted by molar-refractivity contribution is -0.113. The molecule has 36 heavy (non-hydrogen) atoms. The van der Waals surface area contributed by atoms with Crippen LogP contribution in [0.1, 0.15) is 15.9 Å². The number of benzene rings is 3. The number of carbonyl (C=O) groups excluding carboxylic acids is 2. The van der Waals surface area contributed by atoms with E-state index < -0.39 is 0 Å². The van der Waals surface area contributed by atoms with E-state index in [1.165, 1.54) is 16.3 Å². The average molecular weight is 499 g/mol. The Hall–Kier alpha value is -4.44. The number of thioether (sulfide) groups is 1. The van der Waals surface area contributed by atoms with E-state index >= 15 is 0 Å². The second-order valence-corrected chi connectivity index (χ2v) is 9.15. The van der Waals surface area contributed by atoms with Crippen LogP contribution < -0.4 is 16.2 Å². The van der Waals surface area contributed by atoms with Gasteiger partial charge in [-0.25, -0.2) is 0 Å². The number of hydrogen-bond donors (Lipinski definition) is 2. The van der Waals surface area contributed by atoms with Crippen LogP contribution in [0.4, 0.5) is 11.4 Å². The summed E-state index contributed by atoms with van der Waals surface area (Å²) in [5.74, 6) is -0.201. The normalized spacial score (nSPS) is 11.1. The number of aryl methyl sites for hydroxylation is 2. The number of amides is 2. The monoisotopic (exact) mass is 498 g/mol. The van der Waals surface area contributed by atoms with E-state index in [1.54, 1.807) is 47.8 Å². The quantitative estimate of drug-likeness (QED) is 0.344. The zero-order valence-corrected chi connectivity index (χ0v) is 20.4. The van der Waals surface area contributed by atoms with Crippen molar-refractivity contribution < 1.29 is 9.59 Å². The minimum absolute atomic E-state index is 0.0335. The topological polar surface area (TPSA) is 110 Å². The molecule has 2 heterocycles. The van der Waals surface area contributed by atoms with Crippen molar-refractivity contribution in [1.29, 1.82) is 0 Å². The zero-order chi connectivity index (χ0) is 25.2. The standard InChI is InChI=1S/C26H22N6O3S/c1-16-8-7-9-17(14-16)27-23(34)18-10-3-5-12-20(18)28-22(33)15-36-26-30-29-25-31(2)24(35)19-11-4-6-13-21(19)32(25)26/h3-14H,15H2,1-2H3,(H,27,34)(H,28,33). The van der Waals surface area contributed by atoms with Crippen molar-refractivity contribution in [2.75, 3.05) is 16.4 Å². The van der Waals surface area contributed by atoms with Crippen LogP contribution in [0, 0.1) is 6.92 Å². The second kappa shape index (κ2) is 9.67. The van der Waals surface area contributed by atoms with Crippen molar-refractivity contribution in [2.45, 2.75) is 12.1 Å². The molecule has 5 aromatic rings. The Morgan fingerprint density at radius 2 is 1.72 bits per heavy atom. The Kier molecular flexibility index (Phi) is 6.26. The summed E-state index contributed by atoms with van der Waals surface area (Å²) >= 11 is 1.19. The highest BCUT2D eigenvalue weighted by Gasteiger charge is 2.17. The van der Waals surface area contributed by atoms with Gasteiger partial charge in [0, 0.05) is 12.7 Å². The molecule has 0 aliphatic carbocycles. The van der Waals surface area contributed by atoms with E-state index in [-0.39, 0.29) is 23.1 Å². The molecule has 0 atom stereocenters. The minimum Gasteiger partial charge on any atom is -0.325 e. The Labute approximate surface area is 210 Å². The number of para-hydroxylation sites is 2. The molecule has 0 aliphatic rings. The Morgan fingerprint density at radius 1 is 0.944 bits per heavy atom. The van der Waals surface area contributed by atoms with Gasteiger partial charge in [0.15, 0.2) is 5.16 Å². The van der Waals surface area contributed by atoms with Crippen molar-refractivity contribution in [3.8, 4) is 0 Å². The van der Waals surface area contributed by atoms with Crippen LogP contribution in [0.3, 0.4) is 0 Å². The molecule has 0 bridgehead atoms. The van der Waals surface area contributed by atoms with Gasteiger partial charge in [0.25, 0.3) is 11.5 Å². The summed E-state index contributed by atoms with van der Waals surface area (Å²) in [5.41, 5.74) is 2.97. The van der Waals surface area contributed by atoms with Crippen molar-refractivity contribution in [3.05, 3.63) is 94.3 Å². The van der Waals surface area contributed by atoms with Crippen molar-refractivity contribution in [2.24, 2.45) is 7.05 Å². The van der Waals surface area contributed by atoms with Gasteiger partial charge in [-0.2, -0.15) is 0 Å². The van der Waals surface area contributed by atoms with Crippen LogP contribution in [-0.4, -0.2) is 36.7 Å². The van der Waals surface area contributed by atoms with E-state index in [9.17, 15) is 14.4 Å².